The molecule has 1 atom stereocenters. The zero-order valence-electron chi connectivity index (χ0n) is 7.71. The van der Waals surface area contributed by atoms with Crippen molar-refractivity contribution in [3.63, 3.8) is 0 Å². The molecule has 0 aromatic heterocycles. The molecule has 82 valence electrons. The van der Waals surface area contributed by atoms with Crippen molar-refractivity contribution in [2.45, 2.75) is 11.1 Å². The van der Waals surface area contributed by atoms with E-state index in [1.54, 1.807) is 0 Å². The molecule has 1 aliphatic rings. The first-order chi connectivity index (χ1) is 7.43. The number of alkyl halides is 3. The predicted molar refractivity (Wildman–Crippen MR) is 51.6 cm³/mol. The molecule has 1 unspecified atom stereocenters. The largest absolute Gasteiger partial charge is 0.417 e. The SMILES string of the molecule is N#Cc1cc2c(cc1C(F)(F)F)S(=O)C=C2. The highest BCUT2D eigenvalue weighted by Crippen LogP contribution is 2.36. The van der Waals surface area contributed by atoms with E-state index in [1.807, 2.05) is 0 Å². The molecule has 0 fully saturated rings. The lowest BCUT2D eigenvalue weighted by Crippen LogP contribution is -2.09. The smallest absolute Gasteiger partial charge is 0.250 e. The number of hydrogen-bond donors (Lipinski definition) is 0. The summed E-state index contributed by atoms with van der Waals surface area (Å²) in [6.45, 7) is 0. The molecule has 0 N–H and O–H groups in total. The van der Waals surface area contributed by atoms with Gasteiger partial charge in [0.1, 0.15) is 0 Å². The summed E-state index contributed by atoms with van der Waals surface area (Å²) < 4.78 is 49.0. The Labute approximate surface area is 91.5 Å². The first kappa shape index (κ1) is 10.9. The molecule has 6 heteroatoms. The minimum Gasteiger partial charge on any atom is -0.250 e. The zero-order chi connectivity index (χ0) is 11.9. The van der Waals surface area contributed by atoms with Gasteiger partial charge < -0.3 is 0 Å². The molecule has 0 amide bonds. The fraction of sp³-hybridized carbons (Fsp3) is 0.100. The van der Waals surface area contributed by atoms with Gasteiger partial charge in [-0.15, -0.1) is 0 Å². The van der Waals surface area contributed by atoms with Crippen molar-refractivity contribution >= 4 is 16.9 Å². The fourth-order valence-corrected chi connectivity index (χ4v) is 2.45. The van der Waals surface area contributed by atoms with Gasteiger partial charge in [0.25, 0.3) is 0 Å². The molecule has 0 aliphatic carbocycles. The average molecular weight is 243 g/mol. The third-order valence-electron chi connectivity index (χ3n) is 2.16. The molecule has 2 rings (SSSR count). The van der Waals surface area contributed by atoms with Crippen molar-refractivity contribution in [1.82, 2.24) is 0 Å². The van der Waals surface area contributed by atoms with Gasteiger partial charge >= 0.3 is 6.18 Å². The molecule has 1 heterocycles. The molecule has 0 saturated heterocycles. The number of nitrogens with zero attached hydrogens (tertiary/aromatic N) is 1. The Hall–Kier alpha value is -1.61. The lowest BCUT2D eigenvalue weighted by atomic mass is 10.0. The molecule has 0 bridgehead atoms. The maximum absolute atomic E-state index is 12.6. The number of fused-ring (bicyclic) bond motifs is 1. The molecule has 16 heavy (non-hydrogen) atoms. The van der Waals surface area contributed by atoms with Crippen LogP contribution >= 0.6 is 0 Å². The number of rotatable bonds is 0. The molecule has 1 aromatic rings. The minimum absolute atomic E-state index is 0.103. The van der Waals surface area contributed by atoms with Crippen LogP contribution in [0.1, 0.15) is 16.7 Å². The van der Waals surface area contributed by atoms with E-state index in [-0.39, 0.29) is 4.90 Å². The normalized spacial score (nSPS) is 18.2. The first-order valence-corrected chi connectivity index (χ1v) is 5.39. The number of nitriles is 1. The lowest BCUT2D eigenvalue weighted by molar-refractivity contribution is -0.137. The second kappa shape index (κ2) is 3.46. The van der Waals surface area contributed by atoms with E-state index in [9.17, 15) is 17.4 Å². The van der Waals surface area contributed by atoms with Crippen LogP contribution in [0.25, 0.3) is 6.08 Å². The first-order valence-electron chi connectivity index (χ1n) is 4.17. The van der Waals surface area contributed by atoms with Crippen molar-refractivity contribution in [3.05, 3.63) is 34.2 Å². The van der Waals surface area contributed by atoms with E-state index in [0.29, 0.717) is 5.56 Å². The predicted octanol–water partition coefficient (Wildman–Crippen LogP) is 2.67. The van der Waals surface area contributed by atoms with Gasteiger partial charge in [0.05, 0.1) is 32.9 Å². The Bertz CT molecular complexity index is 554. The topological polar surface area (TPSA) is 40.9 Å². The Balaban J connectivity index is 2.70. The van der Waals surface area contributed by atoms with Gasteiger partial charge in [-0.2, -0.15) is 18.4 Å². The minimum atomic E-state index is -4.60. The van der Waals surface area contributed by atoms with Crippen LogP contribution in [-0.2, 0) is 17.0 Å². The van der Waals surface area contributed by atoms with Crippen molar-refractivity contribution in [3.8, 4) is 6.07 Å². The number of halogens is 3. The quantitative estimate of drug-likeness (QED) is 0.702. The molecular weight excluding hydrogens is 239 g/mol. The van der Waals surface area contributed by atoms with Gasteiger partial charge in [-0.25, -0.2) is 4.21 Å². The van der Waals surface area contributed by atoms with Gasteiger partial charge in [0.2, 0.25) is 0 Å². The summed E-state index contributed by atoms with van der Waals surface area (Å²) >= 11 is 0. The van der Waals surface area contributed by atoms with Crippen LogP contribution < -0.4 is 0 Å². The zero-order valence-corrected chi connectivity index (χ0v) is 8.52. The molecule has 0 saturated carbocycles. The molecule has 1 aromatic carbocycles. The van der Waals surface area contributed by atoms with Gasteiger partial charge in [-0.1, -0.05) is 0 Å². The van der Waals surface area contributed by atoms with Crippen molar-refractivity contribution < 1.29 is 17.4 Å². The van der Waals surface area contributed by atoms with Crippen LogP contribution in [0.5, 0.6) is 0 Å². The van der Waals surface area contributed by atoms with Gasteiger partial charge in [-0.3, -0.25) is 0 Å². The van der Waals surface area contributed by atoms with Gasteiger partial charge in [0, 0.05) is 5.41 Å². The summed E-state index contributed by atoms with van der Waals surface area (Å²) in [7, 11) is -1.54. The summed E-state index contributed by atoms with van der Waals surface area (Å²) in [6, 6.07) is 3.39. The van der Waals surface area contributed by atoms with E-state index in [0.717, 1.165) is 12.1 Å². The van der Waals surface area contributed by atoms with Crippen LogP contribution in [0.2, 0.25) is 0 Å². The number of benzene rings is 1. The van der Waals surface area contributed by atoms with E-state index in [1.165, 1.54) is 17.6 Å². The van der Waals surface area contributed by atoms with Crippen LogP contribution in [0.3, 0.4) is 0 Å². The fourth-order valence-electron chi connectivity index (χ4n) is 1.44. The van der Waals surface area contributed by atoms with Gasteiger partial charge in [-0.05, 0) is 23.8 Å². The van der Waals surface area contributed by atoms with Crippen molar-refractivity contribution in [1.29, 1.82) is 5.26 Å². The molecular formula is C10H4F3NOS. The monoisotopic (exact) mass is 243 g/mol. The second-order valence-electron chi connectivity index (χ2n) is 3.15. The highest BCUT2D eigenvalue weighted by atomic mass is 32.2. The Morgan fingerprint density at radius 1 is 1.31 bits per heavy atom. The lowest BCUT2D eigenvalue weighted by Gasteiger charge is -2.10. The van der Waals surface area contributed by atoms with E-state index >= 15 is 0 Å². The maximum Gasteiger partial charge on any atom is 0.417 e. The van der Waals surface area contributed by atoms with Crippen LogP contribution in [0, 0.1) is 11.3 Å². The van der Waals surface area contributed by atoms with E-state index in [4.69, 9.17) is 5.26 Å². The summed E-state index contributed by atoms with van der Waals surface area (Å²) in [6.07, 6.45) is -3.15. The maximum atomic E-state index is 12.6. The molecule has 2 nitrogen and oxygen atoms in total. The Morgan fingerprint density at radius 2 is 2.00 bits per heavy atom. The Morgan fingerprint density at radius 3 is 2.56 bits per heavy atom. The molecule has 0 spiro atoms. The highest BCUT2D eigenvalue weighted by molar-refractivity contribution is 7.88. The van der Waals surface area contributed by atoms with E-state index < -0.39 is 28.1 Å². The van der Waals surface area contributed by atoms with E-state index in [2.05, 4.69) is 0 Å². The molecule has 0 radical (unpaired) electrons. The van der Waals surface area contributed by atoms with Crippen molar-refractivity contribution in [2.24, 2.45) is 0 Å². The average Bonchev–Trinajstić information content (AvgIpc) is 2.57. The van der Waals surface area contributed by atoms with Gasteiger partial charge in [0.15, 0.2) is 0 Å². The second-order valence-corrected chi connectivity index (χ2v) is 4.45. The third kappa shape index (κ3) is 1.63. The summed E-state index contributed by atoms with van der Waals surface area (Å²) in [5, 5.41) is 9.93. The van der Waals surface area contributed by atoms with Crippen LogP contribution in [0.4, 0.5) is 13.2 Å². The summed E-state index contributed by atoms with van der Waals surface area (Å²) in [5.41, 5.74) is -1.08. The number of hydrogen-bond acceptors (Lipinski definition) is 2. The standard InChI is InChI=1S/C10H4F3NOS/c11-10(12,13)8-4-9-6(1-2-16(9)15)3-7(8)5-14/h1-4H. The highest BCUT2D eigenvalue weighted by Gasteiger charge is 2.35. The van der Waals surface area contributed by atoms with Crippen LogP contribution in [0.15, 0.2) is 22.4 Å². The third-order valence-corrected chi connectivity index (χ3v) is 3.33. The van der Waals surface area contributed by atoms with Crippen LogP contribution in [-0.4, -0.2) is 4.21 Å². The van der Waals surface area contributed by atoms with Crippen molar-refractivity contribution in [2.75, 3.05) is 0 Å². The molecule has 1 aliphatic heterocycles. The summed E-state index contributed by atoms with van der Waals surface area (Å²) in [5.74, 6) is 0. The summed E-state index contributed by atoms with van der Waals surface area (Å²) in [4.78, 5) is 0.103. The Kier molecular flexibility index (Phi) is 2.35.